The summed E-state index contributed by atoms with van der Waals surface area (Å²) in [7, 11) is 1.72. The molecule has 0 saturated heterocycles. The van der Waals surface area contributed by atoms with E-state index < -0.39 is 5.92 Å². The van der Waals surface area contributed by atoms with Crippen LogP contribution < -0.4 is 10.1 Å². The highest BCUT2D eigenvalue weighted by molar-refractivity contribution is 7.16. The van der Waals surface area contributed by atoms with E-state index in [1.807, 2.05) is 38.1 Å². The van der Waals surface area contributed by atoms with Crippen molar-refractivity contribution in [2.24, 2.45) is 4.99 Å². The van der Waals surface area contributed by atoms with Crippen LogP contribution in [0.25, 0.3) is 5.70 Å². The molecule has 8 heteroatoms. The number of hydrogen-bond acceptors (Lipinski definition) is 5. The predicted molar refractivity (Wildman–Crippen MR) is 131 cm³/mol. The zero-order valence-electron chi connectivity index (χ0n) is 19.6. The third-order valence-corrected chi connectivity index (χ3v) is 6.98. The van der Waals surface area contributed by atoms with Crippen molar-refractivity contribution in [1.82, 2.24) is 10.2 Å². The van der Waals surface area contributed by atoms with Crippen LogP contribution in [0.3, 0.4) is 0 Å². The molecule has 0 radical (unpaired) electrons. The SMILES string of the molecule is C=Nc1c(C(=C)N(C)CCC(C)(F)F)sc(C(=O)N[C@H]2CCOc3ccccc32)c1C(C)C. The summed E-state index contributed by atoms with van der Waals surface area (Å²) in [6, 6.07) is 7.53. The van der Waals surface area contributed by atoms with Gasteiger partial charge in [0.05, 0.1) is 28.1 Å². The van der Waals surface area contributed by atoms with Crippen LogP contribution in [0.1, 0.15) is 71.2 Å². The Hall–Kier alpha value is -2.74. The van der Waals surface area contributed by atoms with E-state index in [4.69, 9.17) is 4.74 Å². The second-order valence-corrected chi connectivity index (χ2v) is 9.75. The van der Waals surface area contributed by atoms with E-state index in [1.54, 1.807) is 11.9 Å². The Kier molecular flexibility index (Phi) is 7.57. The Morgan fingerprint density at radius 3 is 2.70 bits per heavy atom. The Labute approximate surface area is 198 Å². The van der Waals surface area contributed by atoms with Crippen molar-refractivity contribution in [2.45, 2.75) is 51.5 Å². The minimum Gasteiger partial charge on any atom is -0.493 e. The van der Waals surface area contributed by atoms with Crippen LogP contribution in [0, 0.1) is 0 Å². The molecule has 1 aromatic heterocycles. The minimum atomic E-state index is -2.77. The van der Waals surface area contributed by atoms with Crippen molar-refractivity contribution < 1.29 is 18.3 Å². The molecule has 1 aliphatic rings. The van der Waals surface area contributed by atoms with Gasteiger partial charge in [0.1, 0.15) is 5.75 Å². The van der Waals surface area contributed by atoms with Crippen LogP contribution in [-0.4, -0.2) is 43.6 Å². The largest absolute Gasteiger partial charge is 0.493 e. The van der Waals surface area contributed by atoms with E-state index in [9.17, 15) is 13.6 Å². The fraction of sp³-hybridized carbons (Fsp3) is 0.440. The van der Waals surface area contributed by atoms with Crippen molar-refractivity contribution in [3.63, 3.8) is 0 Å². The van der Waals surface area contributed by atoms with E-state index in [0.717, 1.165) is 23.8 Å². The summed E-state index contributed by atoms with van der Waals surface area (Å²) in [5.74, 6) is -2.17. The molecule has 178 valence electrons. The van der Waals surface area contributed by atoms with Crippen LogP contribution in [0.2, 0.25) is 0 Å². The van der Waals surface area contributed by atoms with E-state index in [1.165, 1.54) is 11.3 Å². The topological polar surface area (TPSA) is 53.9 Å². The van der Waals surface area contributed by atoms with Gasteiger partial charge < -0.3 is 15.0 Å². The lowest BCUT2D eigenvalue weighted by Crippen LogP contribution is -2.32. The van der Waals surface area contributed by atoms with Crippen LogP contribution >= 0.6 is 11.3 Å². The number of halogens is 2. The maximum atomic E-state index is 13.4. The smallest absolute Gasteiger partial charge is 0.262 e. The first-order valence-corrected chi connectivity index (χ1v) is 11.8. The molecule has 3 rings (SSSR count). The highest BCUT2D eigenvalue weighted by Gasteiger charge is 2.30. The molecular formula is C25H31F2N3O2S. The first-order chi connectivity index (χ1) is 15.5. The van der Waals surface area contributed by atoms with E-state index in [0.29, 0.717) is 34.2 Å². The van der Waals surface area contributed by atoms with Crippen molar-refractivity contribution in [3.05, 3.63) is 51.7 Å². The molecule has 0 bridgehead atoms. The first kappa shape index (κ1) is 24.9. The van der Waals surface area contributed by atoms with Gasteiger partial charge in [-0.05, 0) is 25.6 Å². The van der Waals surface area contributed by atoms with Crippen molar-refractivity contribution >= 4 is 35.3 Å². The Morgan fingerprint density at radius 1 is 1.36 bits per heavy atom. The maximum absolute atomic E-state index is 13.4. The zero-order chi connectivity index (χ0) is 24.3. The second kappa shape index (κ2) is 10.0. The summed E-state index contributed by atoms with van der Waals surface area (Å²) in [4.78, 5) is 20.5. The number of amides is 1. The molecule has 2 heterocycles. The number of benzene rings is 1. The molecule has 1 aliphatic heterocycles. The number of thiophene rings is 1. The van der Waals surface area contributed by atoms with Gasteiger partial charge in [0.2, 0.25) is 5.92 Å². The van der Waals surface area contributed by atoms with Crippen LogP contribution in [0.4, 0.5) is 14.5 Å². The lowest BCUT2D eigenvalue weighted by molar-refractivity contribution is 0.00873. The molecule has 33 heavy (non-hydrogen) atoms. The number of aliphatic imine (C=N–C) groups is 1. The number of alkyl halides is 2. The van der Waals surface area contributed by atoms with Crippen LogP contribution in [0.15, 0.2) is 35.8 Å². The molecule has 5 nitrogen and oxygen atoms in total. The number of rotatable bonds is 9. The highest BCUT2D eigenvalue weighted by atomic mass is 32.1. The van der Waals surface area contributed by atoms with Gasteiger partial charge in [0, 0.05) is 43.3 Å². The van der Waals surface area contributed by atoms with E-state index in [2.05, 4.69) is 23.6 Å². The summed E-state index contributed by atoms with van der Waals surface area (Å²) < 4.78 is 32.4. The Balaban J connectivity index is 1.91. The average molecular weight is 476 g/mol. The van der Waals surface area contributed by atoms with Gasteiger partial charge in [0.25, 0.3) is 5.91 Å². The average Bonchev–Trinajstić information content (AvgIpc) is 3.17. The lowest BCUT2D eigenvalue weighted by atomic mass is 9.98. The molecule has 0 saturated carbocycles. The van der Waals surface area contributed by atoms with Crippen LogP contribution in [0.5, 0.6) is 5.75 Å². The zero-order valence-corrected chi connectivity index (χ0v) is 20.4. The standard InChI is InChI=1S/C25H31F2N3O2S/c1-15(2)20-21(28-5)22(16(3)30(6)13-12-25(4,26)27)33-23(20)24(31)29-18-11-14-32-19-10-8-7-9-17(18)19/h7-10,15,18H,3,5,11-14H2,1-2,4,6H3,(H,29,31)/t18-/m0/s1. The number of carbonyl (C=O) groups is 1. The van der Waals surface area contributed by atoms with Gasteiger partial charge in [0.15, 0.2) is 0 Å². The fourth-order valence-electron chi connectivity index (χ4n) is 3.88. The fourth-order valence-corrected chi connectivity index (χ4v) is 5.22. The number of nitrogens with one attached hydrogen (secondary N) is 1. The van der Waals surface area contributed by atoms with E-state index in [-0.39, 0.29) is 30.8 Å². The van der Waals surface area contributed by atoms with E-state index >= 15 is 0 Å². The van der Waals surface area contributed by atoms with Gasteiger partial charge in [-0.25, -0.2) is 8.78 Å². The Bertz CT molecular complexity index is 1040. The van der Waals surface area contributed by atoms with Crippen molar-refractivity contribution in [2.75, 3.05) is 20.2 Å². The number of hydrogen-bond donors (Lipinski definition) is 1. The third-order valence-electron chi connectivity index (χ3n) is 5.73. The monoisotopic (exact) mass is 475 g/mol. The summed E-state index contributed by atoms with van der Waals surface area (Å²) in [6.45, 7) is 13.4. The minimum absolute atomic E-state index is 0.0105. The normalized spacial score (nSPS) is 15.5. The summed E-state index contributed by atoms with van der Waals surface area (Å²) in [5, 5.41) is 3.15. The predicted octanol–water partition coefficient (Wildman–Crippen LogP) is 6.41. The highest BCUT2D eigenvalue weighted by Crippen LogP contribution is 2.44. The molecule has 0 fully saturated rings. The number of carbonyl (C=O) groups excluding carboxylic acids is 1. The number of para-hydroxylation sites is 1. The molecule has 0 unspecified atom stereocenters. The van der Waals surface area contributed by atoms with Crippen LogP contribution in [-0.2, 0) is 0 Å². The molecular weight excluding hydrogens is 444 g/mol. The summed E-state index contributed by atoms with van der Waals surface area (Å²) >= 11 is 1.28. The lowest BCUT2D eigenvalue weighted by Gasteiger charge is -2.26. The van der Waals surface area contributed by atoms with Gasteiger partial charge in [-0.1, -0.05) is 38.6 Å². The molecule has 1 atom stereocenters. The number of nitrogens with zero attached hydrogens (tertiary/aromatic N) is 2. The van der Waals surface area contributed by atoms with Gasteiger partial charge in [-0.3, -0.25) is 9.79 Å². The summed E-state index contributed by atoms with van der Waals surface area (Å²) in [5.41, 5.74) is 2.88. The summed E-state index contributed by atoms with van der Waals surface area (Å²) in [6.07, 6.45) is 0.378. The molecule has 0 spiro atoms. The number of ether oxygens (including phenoxy) is 1. The third kappa shape index (κ3) is 5.61. The first-order valence-electron chi connectivity index (χ1n) is 11.0. The van der Waals surface area contributed by atoms with Gasteiger partial charge in [-0.2, -0.15) is 0 Å². The quantitative estimate of drug-likeness (QED) is 0.427. The second-order valence-electron chi connectivity index (χ2n) is 8.72. The van der Waals surface area contributed by atoms with Crippen molar-refractivity contribution in [1.29, 1.82) is 0 Å². The molecule has 2 aromatic rings. The molecule has 1 amide bonds. The molecule has 0 aliphatic carbocycles. The number of fused-ring (bicyclic) bond motifs is 1. The maximum Gasteiger partial charge on any atom is 0.262 e. The van der Waals surface area contributed by atoms with Gasteiger partial charge >= 0.3 is 0 Å². The van der Waals surface area contributed by atoms with Crippen molar-refractivity contribution in [3.8, 4) is 5.75 Å². The molecule has 1 aromatic carbocycles. The van der Waals surface area contributed by atoms with Gasteiger partial charge in [-0.15, -0.1) is 11.3 Å². The Morgan fingerprint density at radius 2 is 2.06 bits per heavy atom. The molecule has 1 N–H and O–H groups in total.